The molecule has 1 N–H and O–H groups in total. The van der Waals surface area contributed by atoms with Gasteiger partial charge < -0.3 is 14.8 Å². The Bertz CT molecular complexity index is 1180. The lowest BCUT2D eigenvalue weighted by Crippen LogP contribution is -2.37. The van der Waals surface area contributed by atoms with Gasteiger partial charge in [0.15, 0.2) is 0 Å². The molecule has 0 unspecified atom stereocenters. The Kier molecular flexibility index (Phi) is 7.50. The fourth-order valence-corrected chi connectivity index (χ4v) is 4.70. The van der Waals surface area contributed by atoms with E-state index in [0.29, 0.717) is 22.7 Å². The number of nitrogens with zero attached hydrogens (tertiary/aromatic N) is 1. The Morgan fingerprint density at radius 1 is 0.938 bits per heavy atom. The number of amides is 1. The van der Waals surface area contributed by atoms with Crippen LogP contribution < -0.4 is 14.8 Å². The number of methoxy groups -OCH3 is 2. The van der Waals surface area contributed by atoms with Crippen molar-refractivity contribution in [2.24, 2.45) is 0 Å². The number of rotatable bonds is 9. The first kappa shape index (κ1) is 23.3. The van der Waals surface area contributed by atoms with Crippen molar-refractivity contribution < 1.29 is 22.7 Å². The third-order valence-corrected chi connectivity index (χ3v) is 6.67. The molecule has 0 aromatic heterocycles. The first-order valence-electron chi connectivity index (χ1n) is 9.96. The molecule has 0 radical (unpaired) electrons. The number of sulfonamides is 1. The standard InChI is InChI=1S/C24H26N2O5S/c1-18-14-22(12-13-23(18)31-3)32(28,29)26(16-19-8-5-4-6-9-19)17-24(27)25-20-10-7-11-21(15-20)30-2/h4-15H,16-17H2,1-3H3,(H,25,27). The minimum absolute atomic E-state index is 0.0553. The molecule has 0 saturated heterocycles. The summed E-state index contributed by atoms with van der Waals surface area (Å²) in [6.07, 6.45) is 0. The van der Waals surface area contributed by atoms with Crippen molar-refractivity contribution in [2.45, 2.75) is 18.4 Å². The summed E-state index contributed by atoms with van der Waals surface area (Å²) < 4.78 is 38.5. The molecule has 0 spiro atoms. The van der Waals surface area contributed by atoms with Crippen molar-refractivity contribution in [1.82, 2.24) is 4.31 Å². The van der Waals surface area contributed by atoms with Gasteiger partial charge in [-0.3, -0.25) is 4.79 Å². The van der Waals surface area contributed by atoms with E-state index < -0.39 is 15.9 Å². The Morgan fingerprint density at radius 2 is 1.69 bits per heavy atom. The van der Waals surface area contributed by atoms with E-state index >= 15 is 0 Å². The molecule has 8 heteroatoms. The average Bonchev–Trinajstić information content (AvgIpc) is 2.79. The third-order valence-electron chi connectivity index (χ3n) is 4.88. The summed E-state index contributed by atoms with van der Waals surface area (Å²) in [7, 11) is -0.892. The summed E-state index contributed by atoms with van der Waals surface area (Å²) in [5.74, 6) is 0.725. The monoisotopic (exact) mass is 454 g/mol. The summed E-state index contributed by atoms with van der Waals surface area (Å²) in [6.45, 7) is 1.48. The molecule has 0 aliphatic rings. The van der Waals surface area contributed by atoms with Crippen LogP contribution in [-0.4, -0.2) is 39.4 Å². The van der Waals surface area contributed by atoms with Crippen molar-refractivity contribution in [3.8, 4) is 11.5 Å². The highest BCUT2D eigenvalue weighted by atomic mass is 32.2. The second kappa shape index (κ2) is 10.3. The molecule has 0 atom stereocenters. The summed E-state index contributed by atoms with van der Waals surface area (Å²) in [4.78, 5) is 12.9. The number of carbonyl (C=O) groups is 1. The Hall–Kier alpha value is -3.36. The molecular weight excluding hydrogens is 428 g/mol. The van der Waals surface area contributed by atoms with Crippen molar-refractivity contribution in [2.75, 3.05) is 26.1 Å². The Balaban J connectivity index is 1.88. The van der Waals surface area contributed by atoms with Crippen LogP contribution in [0.2, 0.25) is 0 Å². The highest BCUT2D eigenvalue weighted by Crippen LogP contribution is 2.25. The molecule has 1 amide bonds. The number of aryl methyl sites for hydroxylation is 1. The highest BCUT2D eigenvalue weighted by Gasteiger charge is 2.27. The van der Waals surface area contributed by atoms with E-state index in [-0.39, 0.29) is 18.0 Å². The molecule has 0 aliphatic carbocycles. The fraction of sp³-hybridized carbons (Fsp3) is 0.208. The normalized spacial score (nSPS) is 11.2. The van der Waals surface area contributed by atoms with Crippen LogP contribution in [0.5, 0.6) is 11.5 Å². The first-order valence-corrected chi connectivity index (χ1v) is 11.4. The number of anilines is 1. The van der Waals surface area contributed by atoms with Gasteiger partial charge in [-0.15, -0.1) is 0 Å². The van der Waals surface area contributed by atoms with Gasteiger partial charge in [-0.05, 0) is 48.4 Å². The van der Waals surface area contributed by atoms with Gasteiger partial charge in [0.1, 0.15) is 11.5 Å². The molecule has 3 rings (SSSR count). The molecule has 0 bridgehead atoms. The highest BCUT2D eigenvalue weighted by molar-refractivity contribution is 7.89. The molecular formula is C24H26N2O5S. The minimum Gasteiger partial charge on any atom is -0.497 e. The maximum Gasteiger partial charge on any atom is 0.243 e. The van der Waals surface area contributed by atoms with Crippen LogP contribution in [0.4, 0.5) is 5.69 Å². The molecule has 3 aromatic carbocycles. The summed E-state index contributed by atoms with van der Waals surface area (Å²) in [5, 5.41) is 2.74. The second-order valence-corrected chi connectivity index (χ2v) is 9.11. The van der Waals surface area contributed by atoms with Gasteiger partial charge in [0.05, 0.1) is 25.7 Å². The zero-order valence-corrected chi connectivity index (χ0v) is 19.1. The third kappa shape index (κ3) is 5.66. The fourth-order valence-electron chi connectivity index (χ4n) is 3.23. The zero-order valence-electron chi connectivity index (χ0n) is 18.2. The van der Waals surface area contributed by atoms with E-state index in [1.54, 1.807) is 43.3 Å². The lowest BCUT2D eigenvalue weighted by molar-refractivity contribution is -0.116. The first-order chi connectivity index (χ1) is 15.3. The topological polar surface area (TPSA) is 84.9 Å². The second-order valence-electron chi connectivity index (χ2n) is 7.17. The predicted molar refractivity (Wildman–Crippen MR) is 123 cm³/mol. The van der Waals surface area contributed by atoms with Crippen LogP contribution in [0.3, 0.4) is 0 Å². The summed E-state index contributed by atoms with van der Waals surface area (Å²) in [6, 6.07) is 20.7. The lowest BCUT2D eigenvalue weighted by atomic mass is 10.2. The number of hydrogen-bond donors (Lipinski definition) is 1. The molecule has 0 aliphatic heterocycles. The predicted octanol–water partition coefficient (Wildman–Crippen LogP) is 3.84. The van der Waals surface area contributed by atoms with Crippen LogP contribution in [0, 0.1) is 6.92 Å². The molecule has 0 heterocycles. The summed E-state index contributed by atoms with van der Waals surface area (Å²) >= 11 is 0. The van der Waals surface area contributed by atoms with Gasteiger partial charge in [0.2, 0.25) is 15.9 Å². The van der Waals surface area contributed by atoms with Crippen LogP contribution in [0.1, 0.15) is 11.1 Å². The quantitative estimate of drug-likeness (QED) is 0.531. The number of benzene rings is 3. The molecule has 0 fully saturated rings. The average molecular weight is 455 g/mol. The largest absolute Gasteiger partial charge is 0.497 e. The van der Waals surface area contributed by atoms with Crippen molar-refractivity contribution >= 4 is 21.6 Å². The minimum atomic E-state index is -3.95. The van der Waals surface area contributed by atoms with Crippen molar-refractivity contribution in [3.05, 3.63) is 83.9 Å². The van der Waals surface area contributed by atoms with E-state index in [4.69, 9.17) is 9.47 Å². The molecule has 3 aromatic rings. The van der Waals surface area contributed by atoms with Crippen LogP contribution in [0.25, 0.3) is 0 Å². The zero-order chi connectivity index (χ0) is 23.1. The molecule has 7 nitrogen and oxygen atoms in total. The number of carbonyl (C=O) groups excluding carboxylic acids is 1. The maximum absolute atomic E-state index is 13.5. The number of ether oxygens (including phenoxy) is 2. The smallest absolute Gasteiger partial charge is 0.243 e. The SMILES string of the molecule is COc1cccc(NC(=O)CN(Cc2ccccc2)S(=O)(=O)c2ccc(OC)c(C)c2)c1. The van der Waals surface area contributed by atoms with E-state index in [1.165, 1.54) is 24.6 Å². The molecule has 168 valence electrons. The van der Waals surface area contributed by atoms with Crippen LogP contribution in [-0.2, 0) is 21.4 Å². The Labute approximate surface area is 188 Å². The maximum atomic E-state index is 13.5. The molecule has 0 saturated carbocycles. The Morgan fingerprint density at radius 3 is 2.34 bits per heavy atom. The van der Waals surface area contributed by atoms with E-state index in [9.17, 15) is 13.2 Å². The van der Waals surface area contributed by atoms with Gasteiger partial charge in [0, 0.05) is 18.3 Å². The van der Waals surface area contributed by atoms with E-state index in [2.05, 4.69) is 5.32 Å². The van der Waals surface area contributed by atoms with Crippen LogP contribution >= 0.6 is 0 Å². The van der Waals surface area contributed by atoms with Crippen molar-refractivity contribution in [3.63, 3.8) is 0 Å². The summed E-state index contributed by atoms with van der Waals surface area (Å²) in [5.41, 5.74) is 1.98. The van der Waals surface area contributed by atoms with Gasteiger partial charge in [0.25, 0.3) is 0 Å². The van der Waals surface area contributed by atoms with E-state index in [0.717, 1.165) is 5.56 Å². The van der Waals surface area contributed by atoms with Gasteiger partial charge >= 0.3 is 0 Å². The molecule has 32 heavy (non-hydrogen) atoms. The lowest BCUT2D eigenvalue weighted by Gasteiger charge is -2.22. The van der Waals surface area contributed by atoms with Crippen LogP contribution in [0.15, 0.2) is 77.7 Å². The van der Waals surface area contributed by atoms with E-state index in [1.807, 2.05) is 30.3 Å². The van der Waals surface area contributed by atoms with Gasteiger partial charge in [-0.2, -0.15) is 4.31 Å². The van der Waals surface area contributed by atoms with Gasteiger partial charge in [-0.1, -0.05) is 36.4 Å². The number of nitrogens with one attached hydrogen (secondary N) is 1. The van der Waals surface area contributed by atoms with Gasteiger partial charge in [-0.25, -0.2) is 8.42 Å². The van der Waals surface area contributed by atoms with Crippen molar-refractivity contribution in [1.29, 1.82) is 0 Å². The number of hydrogen-bond acceptors (Lipinski definition) is 5.